The number of benzene rings is 1. The van der Waals surface area contributed by atoms with Gasteiger partial charge in [0, 0.05) is 19.3 Å². The molecule has 1 heterocycles. The van der Waals surface area contributed by atoms with Crippen LogP contribution in [0.25, 0.3) is 0 Å². The fourth-order valence-electron chi connectivity index (χ4n) is 3.94. The molecular formula is C23H31N3O. The van der Waals surface area contributed by atoms with E-state index in [2.05, 4.69) is 29.2 Å². The van der Waals surface area contributed by atoms with Crippen molar-refractivity contribution in [2.45, 2.75) is 58.4 Å². The Kier molecular flexibility index (Phi) is 6.86. The van der Waals surface area contributed by atoms with Crippen LogP contribution in [0.3, 0.4) is 0 Å². The molecular weight excluding hydrogens is 334 g/mol. The highest BCUT2D eigenvalue weighted by molar-refractivity contribution is 5.90. The van der Waals surface area contributed by atoms with Gasteiger partial charge in [-0.2, -0.15) is 0 Å². The van der Waals surface area contributed by atoms with Crippen LogP contribution in [0.2, 0.25) is 0 Å². The Morgan fingerprint density at radius 1 is 1.00 bits per heavy atom. The van der Waals surface area contributed by atoms with Gasteiger partial charge < -0.3 is 4.90 Å². The van der Waals surface area contributed by atoms with Crippen LogP contribution in [0.1, 0.15) is 63.0 Å². The molecule has 0 spiro atoms. The summed E-state index contributed by atoms with van der Waals surface area (Å²) in [4.78, 5) is 21.1. The van der Waals surface area contributed by atoms with E-state index in [0.717, 1.165) is 5.56 Å². The molecule has 4 nitrogen and oxygen atoms in total. The summed E-state index contributed by atoms with van der Waals surface area (Å²) in [6.07, 6.45) is 8.42. The second-order valence-corrected chi connectivity index (χ2v) is 7.31. The van der Waals surface area contributed by atoms with Crippen molar-refractivity contribution in [3.05, 3.63) is 59.8 Å². The lowest BCUT2D eigenvalue weighted by atomic mass is 9.84. The predicted molar refractivity (Wildman–Crippen MR) is 111 cm³/mol. The first-order valence-electron chi connectivity index (χ1n) is 10.3. The molecule has 3 rings (SSSR count). The summed E-state index contributed by atoms with van der Waals surface area (Å²) < 4.78 is 0. The third-order valence-electron chi connectivity index (χ3n) is 5.59. The zero-order chi connectivity index (χ0) is 19.1. The van der Waals surface area contributed by atoms with Crippen molar-refractivity contribution >= 4 is 11.8 Å². The maximum absolute atomic E-state index is 13.0. The van der Waals surface area contributed by atoms with Crippen LogP contribution in [0.4, 0.5) is 10.6 Å². The quantitative estimate of drug-likeness (QED) is 0.668. The van der Waals surface area contributed by atoms with E-state index in [-0.39, 0.29) is 6.03 Å². The average Bonchev–Trinajstić information content (AvgIpc) is 2.74. The molecule has 1 fully saturated rings. The van der Waals surface area contributed by atoms with Crippen LogP contribution < -0.4 is 4.90 Å². The molecule has 0 aliphatic heterocycles. The van der Waals surface area contributed by atoms with E-state index in [1.165, 1.54) is 37.7 Å². The molecule has 0 unspecified atom stereocenters. The number of rotatable bonds is 6. The molecule has 0 radical (unpaired) electrons. The van der Waals surface area contributed by atoms with Crippen molar-refractivity contribution in [1.29, 1.82) is 0 Å². The molecule has 1 aliphatic rings. The first kappa shape index (κ1) is 19.4. The van der Waals surface area contributed by atoms with Crippen LogP contribution in [0, 0.1) is 0 Å². The number of anilines is 1. The molecule has 144 valence electrons. The van der Waals surface area contributed by atoms with E-state index < -0.39 is 0 Å². The lowest BCUT2D eigenvalue weighted by molar-refractivity contribution is 0.209. The summed E-state index contributed by atoms with van der Waals surface area (Å²) in [5.74, 6) is 1.41. The van der Waals surface area contributed by atoms with Gasteiger partial charge in [-0.15, -0.1) is 0 Å². The van der Waals surface area contributed by atoms with Gasteiger partial charge in [-0.1, -0.05) is 49.6 Å². The van der Waals surface area contributed by atoms with Gasteiger partial charge in [0.05, 0.1) is 6.54 Å². The average molecular weight is 366 g/mol. The number of carbonyl (C=O) groups is 1. The Balaban J connectivity index is 1.78. The van der Waals surface area contributed by atoms with Gasteiger partial charge >= 0.3 is 6.03 Å². The summed E-state index contributed by atoms with van der Waals surface area (Å²) in [5, 5.41) is 0. The van der Waals surface area contributed by atoms with Gasteiger partial charge in [0.1, 0.15) is 5.82 Å². The van der Waals surface area contributed by atoms with Crippen LogP contribution >= 0.6 is 0 Å². The van der Waals surface area contributed by atoms with E-state index in [0.29, 0.717) is 31.4 Å². The Bertz CT molecular complexity index is 704. The normalized spacial score (nSPS) is 14.7. The molecule has 0 atom stereocenters. The molecule has 0 N–H and O–H groups in total. The first-order chi connectivity index (χ1) is 13.2. The molecule has 2 amide bonds. The van der Waals surface area contributed by atoms with Crippen LogP contribution in [-0.2, 0) is 6.54 Å². The summed E-state index contributed by atoms with van der Waals surface area (Å²) in [6, 6.07) is 14.6. The maximum Gasteiger partial charge on any atom is 0.325 e. The Labute approximate surface area is 163 Å². The largest absolute Gasteiger partial charge is 0.325 e. The fourth-order valence-corrected chi connectivity index (χ4v) is 3.94. The molecule has 2 aromatic rings. The second kappa shape index (κ2) is 9.54. The smallest absolute Gasteiger partial charge is 0.325 e. The van der Waals surface area contributed by atoms with Crippen molar-refractivity contribution in [2.75, 3.05) is 18.0 Å². The minimum atomic E-state index is 0.00931. The molecule has 0 saturated heterocycles. The molecule has 1 saturated carbocycles. The zero-order valence-corrected chi connectivity index (χ0v) is 16.6. The highest BCUT2D eigenvalue weighted by atomic mass is 16.2. The molecule has 1 aliphatic carbocycles. The fraction of sp³-hybridized carbons (Fsp3) is 0.478. The van der Waals surface area contributed by atoms with Gasteiger partial charge in [0.2, 0.25) is 0 Å². The van der Waals surface area contributed by atoms with Crippen molar-refractivity contribution in [3.63, 3.8) is 0 Å². The van der Waals surface area contributed by atoms with Gasteiger partial charge in [-0.05, 0) is 55.9 Å². The number of carbonyl (C=O) groups excluding carboxylic acids is 1. The number of hydrogen-bond acceptors (Lipinski definition) is 2. The number of pyridine rings is 1. The van der Waals surface area contributed by atoms with E-state index in [4.69, 9.17) is 0 Å². The molecule has 1 aromatic carbocycles. The van der Waals surface area contributed by atoms with Crippen LogP contribution in [0.15, 0.2) is 48.7 Å². The Morgan fingerprint density at radius 3 is 2.30 bits per heavy atom. The molecule has 4 heteroatoms. The third kappa shape index (κ3) is 4.88. The van der Waals surface area contributed by atoms with E-state index in [1.807, 2.05) is 36.9 Å². The number of aromatic nitrogens is 1. The Hall–Kier alpha value is -2.36. The van der Waals surface area contributed by atoms with Crippen molar-refractivity contribution in [3.8, 4) is 0 Å². The topological polar surface area (TPSA) is 36.4 Å². The van der Waals surface area contributed by atoms with Crippen molar-refractivity contribution in [1.82, 2.24) is 9.88 Å². The predicted octanol–water partition coefficient (Wildman–Crippen LogP) is 5.60. The minimum Gasteiger partial charge on any atom is -0.325 e. The van der Waals surface area contributed by atoms with Crippen LogP contribution in [0.5, 0.6) is 0 Å². The van der Waals surface area contributed by atoms with Gasteiger partial charge in [0.15, 0.2) is 0 Å². The van der Waals surface area contributed by atoms with Gasteiger partial charge in [-0.25, -0.2) is 9.78 Å². The van der Waals surface area contributed by atoms with E-state index in [1.54, 1.807) is 11.1 Å². The maximum atomic E-state index is 13.0. The summed E-state index contributed by atoms with van der Waals surface area (Å²) in [7, 11) is 0. The highest BCUT2D eigenvalue weighted by Gasteiger charge is 2.22. The summed E-state index contributed by atoms with van der Waals surface area (Å²) >= 11 is 0. The number of amides is 2. The SMILES string of the molecule is CCN(CC)C(=O)N(Cc1ccc(C2CCCCC2)cc1)c1ccccn1. The minimum absolute atomic E-state index is 0.00931. The third-order valence-corrected chi connectivity index (χ3v) is 5.59. The molecule has 27 heavy (non-hydrogen) atoms. The van der Waals surface area contributed by atoms with Crippen molar-refractivity contribution < 1.29 is 4.79 Å². The van der Waals surface area contributed by atoms with Crippen molar-refractivity contribution in [2.24, 2.45) is 0 Å². The zero-order valence-electron chi connectivity index (χ0n) is 16.6. The second-order valence-electron chi connectivity index (χ2n) is 7.31. The standard InChI is InChI=1S/C23H31N3O/c1-3-25(4-2)23(27)26(22-12-8-9-17-24-22)18-19-13-15-21(16-14-19)20-10-6-5-7-11-20/h8-9,12-17,20H,3-7,10-11,18H2,1-2H3. The lowest BCUT2D eigenvalue weighted by Gasteiger charge is -2.29. The highest BCUT2D eigenvalue weighted by Crippen LogP contribution is 2.32. The summed E-state index contributed by atoms with van der Waals surface area (Å²) in [5.41, 5.74) is 2.58. The van der Waals surface area contributed by atoms with E-state index >= 15 is 0 Å². The summed E-state index contributed by atoms with van der Waals surface area (Å²) in [6.45, 7) is 5.95. The number of hydrogen-bond donors (Lipinski definition) is 0. The number of nitrogens with zero attached hydrogens (tertiary/aromatic N) is 3. The Morgan fingerprint density at radius 2 is 1.70 bits per heavy atom. The molecule has 1 aromatic heterocycles. The van der Waals surface area contributed by atoms with E-state index in [9.17, 15) is 4.79 Å². The number of urea groups is 1. The van der Waals surface area contributed by atoms with Gasteiger partial charge in [-0.3, -0.25) is 4.90 Å². The molecule has 0 bridgehead atoms. The lowest BCUT2D eigenvalue weighted by Crippen LogP contribution is -2.43. The monoisotopic (exact) mass is 365 g/mol. The first-order valence-corrected chi connectivity index (χ1v) is 10.3. The van der Waals surface area contributed by atoms with Gasteiger partial charge in [0.25, 0.3) is 0 Å². The van der Waals surface area contributed by atoms with Crippen LogP contribution in [-0.4, -0.2) is 29.0 Å².